The highest BCUT2D eigenvalue weighted by Gasteiger charge is 2.43. The minimum Gasteiger partial charge on any atom is -0.497 e. The molecule has 0 amide bonds. The van der Waals surface area contributed by atoms with Crippen LogP contribution in [0.1, 0.15) is 5.56 Å². The zero-order chi connectivity index (χ0) is 28.4. The van der Waals surface area contributed by atoms with E-state index >= 15 is 8.78 Å². The molecule has 0 saturated carbocycles. The summed E-state index contributed by atoms with van der Waals surface area (Å²) in [5.41, 5.74) is -4.91. The van der Waals surface area contributed by atoms with Gasteiger partial charge in [0, 0.05) is 5.56 Å². The number of methoxy groups -OCH3 is 1. The van der Waals surface area contributed by atoms with Crippen molar-refractivity contribution in [1.82, 2.24) is 0 Å². The Bertz CT molecular complexity index is 1760. The molecule has 0 aliphatic carbocycles. The van der Waals surface area contributed by atoms with Gasteiger partial charge in [-0.1, -0.05) is 18.2 Å². The van der Waals surface area contributed by atoms with Crippen LogP contribution >= 0.6 is 0 Å². The van der Waals surface area contributed by atoms with Gasteiger partial charge in [0.25, 0.3) is 0 Å². The maximum atomic E-state index is 15.2. The molecular weight excluding hydrogens is 542 g/mol. The second-order valence-corrected chi connectivity index (χ2v) is 8.48. The first-order chi connectivity index (χ1) is 18.3. The molecule has 0 bridgehead atoms. The molecule has 200 valence electrons. The van der Waals surface area contributed by atoms with Crippen molar-refractivity contribution in [2.75, 3.05) is 7.11 Å². The van der Waals surface area contributed by atoms with Gasteiger partial charge in [-0.3, -0.25) is 0 Å². The number of ether oxygens (including phenoxy) is 1. The van der Waals surface area contributed by atoms with Crippen LogP contribution in [-0.4, -0.2) is 7.11 Å². The average molecular weight is 554 g/mol. The molecule has 5 rings (SSSR count). The molecule has 0 N–H and O–H groups in total. The third kappa shape index (κ3) is 4.12. The third-order valence-corrected chi connectivity index (χ3v) is 6.29. The Hall–Kier alpha value is -4.28. The van der Waals surface area contributed by atoms with Crippen LogP contribution in [0.4, 0.5) is 43.9 Å². The van der Waals surface area contributed by atoms with Crippen LogP contribution in [0.3, 0.4) is 0 Å². The van der Waals surface area contributed by atoms with E-state index in [9.17, 15) is 35.1 Å². The fourth-order valence-corrected chi connectivity index (χ4v) is 4.63. The van der Waals surface area contributed by atoms with Crippen LogP contribution in [0.2, 0.25) is 0 Å². The minimum absolute atomic E-state index is 0.0328. The molecule has 0 unspecified atom stereocenters. The lowest BCUT2D eigenvalue weighted by atomic mass is 9.85. The van der Waals surface area contributed by atoms with Crippen molar-refractivity contribution in [2.45, 2.75) is 6.18 Å². The molecule has 0 fully saturated rings. The predicted octanol–water partition coefficient (Wildman–Crippen LogP) is 9.33. The Morgan fingerprint density at radius 2 is 1.05 bits per heavy atom. The minimum atomic E-state index is -5.81. The number of hydrogen-bond donors (Lipinski definition) is 0. The Morgan fingerprint density at radius 1 is 0.538 bits per heavy atom. The summed E-state index contributed by atoms with van der Waals surface area (Å²) in [5.74, 6) is -14.0. The van der Waals surface area contributed by atoms with E-state index in [2.05, 4.69) is 0 Å². The van der Waals surface area contributed by atoms with E-state index in [-0.39, 0.29) is 16.3 Å². The average Bonchev–Trinajstić information content (AvgIpc) is 2.88. The van der Waals surface area contributed by atoms with E-state index in [1.54, 1.807) is 0 Å². The van der Waals surface area contributed by atoms with Gasteiger partial charge in [-0.2, -0.15) is 13.2 Å². The van der Waals surface area contributed by atoms with E-state index in [1.165, 1.54) is 31.4 Å². The topological polar surface area (TPSA) is 9.23 Å². The number of benzene rings is 5. The summed E-state index contributed by atoms with van der Waals surface area (Å²) in [5, 5.41) is -1.24. The Kier molecular flexibility index (Phi) is 6.20. The monoisotopic (exact) mass is 554 g/mol. The molecule has 0 aliphatic heterocycles. The van der Waals surface area contributed by atoms with Crippen molar-refractivity contribution in [2.24, 2.45) is 0 Å². The Balaban J connectivity index is 2.04. The normalized spacial score (nSPS) is 12.0. The molecule has 11 heteroatoms. The fraction of sp³-hybridized carbons (Fsp3) is 0.0714. The lowest BCUT2D eigenvalue weighted by Crippen LogP contribution is -2.16. The van der Waals surface area contributed by atoms with Crippen LogP contribution in [0, 0.1) is 40.7 Å². The van der Waals surface area contributed by atoms with Crippen LogP contribution in [-0.2, 0) is 6.18 Å². The molecule has 0 saturated heterocycles. The highest BCUT2D eigenvalue weighted by atomic mass is 19.4. The number of fused-ring (bicyclic) bond motifs is 2. The Morgan fingerprint density at radius 3 is 1.56 bits per heavy atom. The standard InChI is InChI=1S/C28H12F10O/c1-39-13-5-2-11(3-6-13)20-14-7-4-12(29)8-15(14)21(17-10-19(31)18(30)9-16(17)20)22-24(32)26(34)23(28(36,37)38)27(35)25(22)33/h2-10H,1H3. The number of hydrogen-bond acceptors (Lipinski definition) is 1. The number of halogens is 10. The number of alkyl halides is 3. The van der Waals surface area contributed by atoms with E-state index < -0.39 is 74.4 Å². The first kappa shape index (κ1) is 26.3. The molecule has 0 aliphatic rings. The van der Waals surface area contributed by atoms with Gasteiger partial charge in [-0.25, -0.2) is 30.7 Å². The smallest absolute Gasteiger partial charge is 0.422 e. The first-order valence-electron chi connectivity index (χ1n) is 11.0. The van der Waals surface area contributed by atoms with Gasteiger partial charge in [0.05, 0.1) is 12.7 Å². The zero-order valence-corrected chi connectivity index (χ0v) is 19.4. The van der Waals surface area contributed by atoms with Crippen LogP contribution in [0.15, 0.2) is 54.6 Å². The lowest BCUT2D eigenvalue weighted by molar-refractivity contribution is -0.143. The lowest BCUT2D eigenvalue weighted by Gasteiger charge is -2.20. The first-order valence-corrected chi connectivity index (χ1v) is 11.0. The molecular formula is C28H12F10O. The van der Waals surface area contributed by atoms with Gasteiger partial charge in [-0.15, -0.1) is 0 Å². The van der Waals surface area contributed by atoms with Gasteiger partial charge < -0.3 is 4.74 Å². The maximum Gasteiger partial charge on any atom is 0.422 e. The van der Waals surface area contributed by atoms with Gasteiger partial charge in [0.2, 0.25) is 0 Å². The highest BCUT2D eigenvalue weighted by Crippen LogP contribution is 2.48. The van der Waals surface area contributed by atoms with Crippen molar-refractivity contribution in [3.05, 3.63) is 101 Å². The molecule has 5 aromatic rings. The van der Waals surface area contributed by atoms with Crippen molar-refractivity contribution >= 4 is 21.5 Å². The third-order valence-electron chi connectivity index (χ3n) is 6.29. The van der Waals surface area contributed by atoms with E-state index in [0.717, 1.165) is 12.1 Å². The van der Waals surface area contributed by atoms with Gasteiger partial charge in [0.1, 0.15) is 17.1 Å². The maximum absolute atomic E-state index is 15.2. The van der Waals surface area contributed by atoms with Crippen molar-refractivity contribution in [3.63, 3.8) is 0 Å². The molecule has 0 atom stereocenters. The van der Waals surface area contributed by atoms with Gasteiger partial charge >= 0.3 is 6.18 Å². The highest BCUT2D eigenvalue weighted by molar-refractivity contribution is 6.21. The van der Waals surface area contributed by atoms with Crippen LogP contribution in [0.25, 0.3) is 43.8 Å². The Labute approximate surface area is 212 Å². The van der Waals surface area contributed by atoms with E-state index in [4.69, 9.17) is 4.74 Å². The van der Waals surface area contributed by atoms with Crippen molar-refractivity contribution < 1.29 is 48.6 Å². The summed E-state index contributed by atoms with van der Waals surface area (Å²) in [4.78, 5) is 0. The molecule has 5 aromatic carbocycles. The summed E-state index contributed by atoms with van der Waals surface area (Å²) in [6.45, 7) is 0. The van der Waals surface area contributed by atoms with Gasteiger partial charge in [0.15, 0.2) is 34.9 Å². The van der Waals surface area contributed by atoms with Crippen molar-refractivity contribution in [1.29, 1.82) is 0 Å². The second kappa shape index (κ2) is 9.18. The molecule has 0 heterocycles. The van der Waals surface area contributed by atoms with E-state index in [0.29, 0.717) is 29.5 Å². The van der Waals surface area contributed by atoms with Gasteiger partial charge in [-0.05, 0) is 69.1 Å². The largest absolute Gasteiger partial charge is 0.497 e. The van der Waals surface area contributed by atoms with Crippen LogP contribution in [0.5, 0.6) is 5.75 Å². The summed E-state index contributed by atoms with van der Waals surface area (Å²) >= 11 is 0. The molecule has 0 aromatic heterocycles. The summed E-state index contributed by atoms with van der Waals surface area (Å²) in [7, 11) is 1.39. The predicted molar refractivity (Wildman–Crippen MR) is 124 cm³/mol. The summed E-state index contributed by atoms with van der Waals surface area (Å²) in [6.07, 6.45) is -5.81. The van der Waals surface area contributed by atoms with Crippen molar-refractivity contribution in [3.8, 4) is 28.0 Å². The zero-order valence-electron chi connectivity index (χ0n) is 19.4. The van der Waals surface area contributed by atoms with Crippen LogP contribution < -0.4 is 4.74 Å². The number of rotatable bonds is 3. The quantitative estimate of drug-likeness (QED) is 0.123. The summed E-state index contributed by atoms with van der Waals surface area (Å²) in [6, 6.07) is 9.89. The second-order valence-electron chi connectivity index (χ2n) is 8.48. The molecule has 0 radical (unpaired) electrons. The molecule has 0 spiro atoms. The summed E-state index contributed by atoms with van der Waals surface area (Å²) < 4.78 is 148. The fourth-order valence-electron chi connectivity index (χ4n) is 4.63. The van der Waals surface area contributed by atoms with E-state index in [1.807, 2.05) is 0 Å². The molecule has 1 nitrogen and oxygen atoms in total. The molecule has 39 heavy (non-hydrogen) atoms. The SMILES string of the molecule is COc1ccc(-c2c3ccc(F)cc3c(-c3c(F)c(F)c(C(F)(F)F)c(F)c3F)c3cc(F)c(F)cc23)cc1.